The van der Waals surface area contributed by atoms with Crippen LogP contribution in [0.25, 0.3) is 0 Å². The molecule has 96 valence electrons. The third-order valence-electron chi connectivity index (χ3n) is 3.49. The first-order valence-corrected chi connectivity index (χ1v) is 6.86. The molecule has 1 aromatic carbocycles. The number of aromatic nitrogens is 1. The second-order valence-corrected chi connectivity index (χ2v) is 5.39. The predicted molar refractivity (Wildman–Crippen MR) is 76.1 cm³/mol. The van der Waals surface area contributed by atoms with Gasteiger partial charge in [0.05, 0.1) is 21.7 Å². The average Bonchev–Trinajstić information content (AvgIpc) is 2.85. The van der Waals surface area contributed by atoms with Gasteiger partial charge in [0, 0.05) is 11.8 Å². The van der Waals surface area contributed by atoms with Crippen LogP contribution in [-0.2, 0) is 6.42 Å². The molecule has 0 radical (unpaired) electrons. The zero-order valence-corrected chi connectivity index (χ0v) is 11.6. The molecule has 4 heteroatoms. The molecule has 0 saturated carbocycles. The fourth-order valence-corrected chi connectivity index (χ4v) is 2.94. The van der Waals surface area contributed by atoms with Crippen LogP contribution in [0.15, 0.2) is 36.5 Å². The molecule has 1 aliphatic carbocycles. The van der Waals surface area contributed by atoms with E-state index in [0.29, 0.717) is 15.6 Å². The first kappa shape index (κ1) is 12.6. The summed E-state index contributed by atoms with van der Waals surface area (Å²) in [7, 11) is 0. The lowest BCUT2D eigenvalue weighted by molar-refractivity contribution is 0.0958. The molecule has 2 nitrogen and oxygen atoms in total. The van der Waals surface area contributed by atoms with E-state index in [4.69, 9.17) is 23.2 Å². The number of nitrogens with zero attached hydrogens (tertiary/aromatic N) is 1. The lowest BCUT2D eigenvalue weighted by Gasteiger charge is -2.11. The molecule has 0 bridgehead atoms. The van der Waals surface area contributed by atoms with Crippen molar-refractivity contribution in [2.24, 2.45) is 0 Å². The van der Waals surface area contributed by atoms with Gasteiger partial charge in [0.2, 0.25) is 0 Å². The van der Waals surface area contributed by atoms with Crippen molar-refractivity contribution in [1.29, 1.82) is 0 Å². The van der Waals surface area contributed by atoms with E-state index in [1.165, 1.54) is 0 Å². The molecule has 0 fully saturated rings. The lowest BCUT2D eigenvalue weighted by atomic mass is 9.95. The summed E-state index contributed by atoms with van der Waals surface area (Å²) in [5.41, 5.74) is 2.51. The van der Waals surface area contributed by atoms with Crippen LogP contribution in [0.3, 0.4) is 0 Å². The Bertz CT molecular complexity index is 654. The number of rotatable bonds is 2. The molecule has 0 N–H and O–H groups in total. The van der Waals surface area contributed by atoms with Gasteiger partial charge in [-0.15, -0.1) is 0 Å². The molecule has 1 aliphatic rings. The summed E-state index contributed by atoms with van der Waals surface area (Å²) in [6.45, 7) is 0. The van der Waals surface area contributed by atoms with Crippen molar-refractivity contribution in [1.82, 2.24) is 4.98 Å². The SMILES string of the molecule is O=C(c1cccc(Cl)c1Cl)C1CCc2cccnc21. The molecule has 0 spiro atoms. The Balaban J connectivity index is 2.00. The minimum absolute atomic E-state index is 0.00458. The van der Waals surface area contributed by atoms with Crippen molar-refractivity contribution in [2.75, 3.05) is 0 Å². The summed E-state index contributed by atoms with van der Waals surface area (Å²) in [4.78, 5) is 16.9. The fraction of sp³-hybridized carbons (Fsp3) is 0.200. The standard InChI is InChI=1S/C15H11Cl2NO/c16-12-5-1-4-10(13(12)17)15(19)11-7-6-9-3-2-8-18-14(9)11/h1-5,8,11H,6-7H2. The number of aryl methyl sites for hydroxylation is 1. The van der Waals surface area contributed by atoms with Gasteiger partial charge in [0.1, 0.15) is 0 Å². The summed E-state index contributed by atoms with van der Waals surface area (Å²) in [5.74, 6) is -0.197. The van der Waals surface area contributed by atoms with Crippen molar-refractivity contribution in [3.63, 3.8) is 0 Å². The lowest BCUT2D eigenvalue weighted by Crippen LogP contribution is -2.12. The predicted octanol–water partition coefficient (Wildman–Crippen LogP) is 4.30. The second kappa shape index (κ2) is 4.95. The van der Waals surface area contributed by atoms with Crippen LogP contribution >= 0.6 is 23.2 Å². The Hall–Kier alpha value is -1.38. The first-order chi connectivity index (χ1) is 9.18. The van der Waals surface area contributed by atoms with Gasteiger partial charge in [-0.3, -0.25) is 9.78 Å². The van der Waals surface area contributed by atoms with Crippen LogP contribution < -0.4 is 0 Å². The highest BCUT2D eigenvalue weighted by atomic mass is 35.5. The molecule has 3 rings (SSSR count). The maximum Gasteiger partial charge on any atom is 0.173 e. The third-order valence-corrected chi connectivity index (χ3v) is 4.31. The quantitative estimate of drug-likeness (QED) is 0.772. The van der Waals surface area contributed by atoms with Crippen LogP contribution in [0.5, 0.6) is 0 Å². The Morgan fingerprint density at radius 2 is 2.05 bits per heavy atom. The molecule has 0 amide bonds. The number of halogens is 2. The number of hydrogen-bond acceptors (Lipinski definition) is 2. The fourth-order valence-electron chi connectivity index (χ4n) is 2.55. The summed E-state index contributed by atoms with van der Waals surface area (Å²) in [6, 6.07) is 9.07. The highest BCUT2D eigenvalue weighted by molar-refractivity contribution is 6.44. The summed E-state index contributed by atoms with van der Waals surface area (Å²) < 4.78 is 0. The molecule has 19 heavy (non-hydrogen) atoms. The van der Waals surface area contributed by atoms with Crippen LogP contribution in [0.4, 0.5) is 0 Å². The van der Waals surface area contributed by atoms with Gasteiger partial charge in [-0.1, -0.05) is 35.3 Å². The van der Waals surface area contributed by atoms with Gasteiger partial charge < -0.3 is 0 Å². The number of fused-ring (bicyclic) bond motifs is 1. The molecule has 1 aromatic heterocycles. The Morgan fingerprint density at radius 1 is 1.21 bits per heavy atom. The molecular formula is C15H11Cl2NO. The molecule has 0 saturated heterocycles. The van der Waals surface area contributed by atoms with Gasteiger partial charge in [-0.2, -0.15) is 0 Å². The van der Waals surface area contributed by atoms with E-state index in [1.54, 1.807) is 24.4 Å². The molecule has 1 atom stereocenters. The molecule has 1 heterocycles. The van der Waals surface area contributed by atoms with Gasteiger partial charge >= 0.3 is 0 Å². The van der Waals surface area contributed by atoms with Gasteiger partial charge in [0.25, 0.3) is 0 Å². The molecule has 2 aromatic rings. The van der Waals surface area contributed by atoms with E-state index in [-0.39, 0.29) is 11.7 Å². The molecule has 0 aliphatic heterocycles. The normalized spacial score (nSPS) is 17.3. The smallest absolute Gasteiger partial charge is 0.173 e. The molecular weight excluding hydrogens is 281 g/mol. The van der Waals surface area contributed by atoms with E-state index in [0.717, 1.165) is 24.1 Å². The van der Waals surface area contributed by atoms with Crippen molar-refractivity contribution >= 4 is 29.0 Å². The van der Waals surface area contributed by atoms with Crippen molar-refractivity contribution in [3.8, 4) is 0 Å². The number of pyridine rings is 1. The minimum atomic E-state index is -0.202. The highest BCUT2D eigenvalue weighted by Crippen LogP contribution is 2.36. The zero-order chi connectivity index (χ0) is 13.4. The van der Waals surface area contributed by atoms with Crippen molar-refractivity contribution in [3.05, 3.63) is 63.4 Å². The van der Waals surface area contributed by atoms with Gasteiger partial charge in [0.15, 0.2) is 5.78 Å². The second-order valence-electron chi connectivity index (χ2n) is 4.60. The maximum atomic E-state index is 12.6. The number of ketones is 1. The average molecular weight is 292 g/mol. The number of hydrogen-bond donors (Lipinski definition) is 0. The Kier molecular flexibility index (Phi) is 3.29. The Morgan fingerprint density at radius 3 is 2.89 bits per heavy atom. The highest BCUT2D eigenvalue weighted by Gasteiger charge is 2.31. The summed E-state index contributed by atoms with van der Waals surface area (Å²) in [5, 5.41) is 0.741. The number of Topliss-reactive ketones (excluding diaryl/α,β-unsaturated/α-hetero) is 1. The van der Waals surface area contributed by atoms with Crippen LogP contribution in [0.2, 0.25) is 10.0 Å². The van der Waals surface area contributed by atoms with Gasteiger partial charge in [-0.25, -0.2) is 0 Å². The van der Waals surface area contributed by atoms with E-state index in [2.05, 4.69) is 4.98 Å². The first-order valence-electron chi connectivity index (χ1n) is 6.10. The summed E-state index contributed by atoms with van der Waals surface area (Å²) in [6.07, 6.45) is 3.40. The minimum Gasteiger partial charge on any atom is -0.293 e. The largest absolute Gasteiger partial charge is 0.293 e. The van der Waals surface area contributed by atoms with E-state index >= 15 is 0 Å². The van der Waals surface area contributed by atoms with E-state index in [1.807, 2.05) is 12.1 Å². The van der Waals surface area contributed by atoms with E-state index < -0.39 is 0 Å². The zero-order valence-electron chi connectivity index (χ0n) is 10.1. The maximum absolute atomic E-state index is 12.6. The number of benzene rings is 1. The summed E-state index contributed by atoms with van der Waals surface area (Å²) >= 11 is 12.1. The topological polar surface area (TPSA) is 30.0 Å². The third kappa shape index (κ3) is 2.15. The number of carbonyl (C=O) groups excluding carboxylic acids is 1. The molecule has 1 unspecified atom stereocenters. The van der Waals surface area contributed by atoms with E-state index in [9.17, 15) is 4.79 Å². The number of carbonyl (C=O) groups is 1. The van der Waals surface area contributed by atoms with Crippen molar-refractivity contribution in [2.45, 2.75) is 18.8 Å². The Labute approximate surface area is 121 Å². The van der Waals surface area contributed by atoms with Crippen LogP contribution in [-0.4, -0.2) is 10.8 Å². The van der Waals surface area contributed by atoms with Gasteiger partial charge in [-0.05, 0) is 36.6 Å². The van der Waals surface area contributed by atoms with Crippen molar-refractivity contribution < 1.29 is 4.79 Å². The van der Waals surface area contributed by atoms with Crippen LogP contribution in [0, 0.1) is 0 Å². The monoisotopic (exact) mass is 291 g/mol. The van der Waals surface area contributed by atoms with Crippen LogP contribution in [0.1, 0.15) is 34.0 Å².